The molecule has 0 aromatic heterocycles. The van der Waals surface area contributed by atoms with E-state index < -0.39 is 5.97 Å². The Morgan fingerprint density at radius 3 is 2.72 bits per heavy atom. The Morgan fingerprint density at radius 2 is 2.00 bits per heavy atom. The minimum Gasteiger partial charge on any atom is -0.481 e. The molecule has 18 heavy (non-hydrogen) atoms. The fraction of sp³-hybridized carbons (Fsp3) is 0.500. The Balaban J connectivity index is 2.15. The van der Waals surface area contributed by atoms with Crippen molar-refractivity contribution >= 4 is 29.2 Å². The summed E-state index contributed by atoms with van der Waals surface area (Å²) in [6.45, 7) is 0. The molecule has 4 heteroatoms. The lowest BCUT2D eigenvalue weighted by atomic mass is 9.76. The Bertz CT molecular complexity index is 445. The second-order valence-corrected chi connectivity index (χ2v) is 5.77. The van der Waals surface area contributed by atoms with Gasteiger partial charge in [-0.05, 0) is 48.9 Å². The number of carbonyl (C=O) groups is 1. The van der Waals surface area contributed by atoms with Crippen molar-refractivity contribution in [1.29, 1.82) is 0 Å². The SMILES string of the molecule is O=C(O)C1CCCCC1Cc1cc(Cl)ccc1Cl. The first-order valence-electron chi connectivity index (χ1n) is 6.24. The topological polar surface area (TPSA) is 37.3 Å². The second-order valence-electron chi connectivity index (χ2n) is 4.93. The molecule has 1 N–H and O–H groups in total. The first-order chi connectivity index (χ1) is 8.58. The third kappa shape index (κ3) is 3.18. The molecule has 0 amide bonds. The molecule has 1 aliphatic rings. The number of hydrogen-bond acceptors (Lipinski definition) is 1. The molecule has 2 rings (SSSR count). The minimum atomic E-state index is -0.683. The molecule has 2 nitrogen and oxygen atoms in total. The highest BCUT2D eigenvalue weighted by Gasteiger charge is 2.31. The quantitative estimate of drug-likeness (QED) is 0.893. The van der Waals surface area contributed by atoms with Crippen LogP contribution in [0, 0.1) is 11.8 Å². The number of carboxylic acids is 1. The Labute approximate surface area is 117 Å². The van der Waals surface area contributed by atoms with Gasteiger partial charge in [0, 0.05) is 10.0 Å². The van der Waals surface area contributed by atoms with Gasteiger partial charge in [0.2, 0.25) is 0 Å². The molecule has 0 bridgehead atoms. The van der Waals surface area contributed by atoms with Crippen molar-refractivity contribution in [2.45, 2.75) is 32.1 Å². The fourth-order valence-corrected chi connectivity index (χ4v) is 3.15. The summed E-state index contributed by atoms with van der Waals surface area (Å²) in [5.41, 5.74) is 0.960. The molecule has 2 atom stereocenters. The maximum absolute atomic E-state index is 11.2. The first-order valence-corrected chi connectivity index (χ1v) is 7.00. The van der Waals surface area contributed by atoms with Crippen molar-refractivity contribution in [2.24, 2.45) is 11.8 Å². The number of rotatable bonds is 3. The highest BCUT2D eigenvalue weighted by molar-refractivity contribution is 6.33. The normalized spacial score (nSPS) is 23.9. The average Bonchev–Trinajstić information content (AvgIpc) is 2.34. The van der Waals surface area contributed by atoms with Gasteiger partial charge in [0.25, 0.3) is 0 Å². The summed E-state index contributed by atoms with van der Waals surface area (Å²) in [6, 6.07) is 5.37. The third-order valence-corrected chi connectivity index (χ3v) is 4.32. The Morgan fingerprint density at radius 1 is 1.28 bits per heavy atom. The molecular weight excluding hydrogens is 271 g/mol. The maximum Gasteiger partial charge on any atom is 0.306 e. The van der Waals surface area contributed by atoms with Crippen molar-refractivity contribution in [3.63, 3.8) is 0 Å². The van der Waals surface area contributed by atoms with Gasteiger partial charge in [0.05, 0.1) is 5.92 Å². The first kappa shape index (κ1) is 13.7. The number of aliphatic carboxylic acids is 1. The predicted molar refractivity (Wildman–Crippen MR) is 73.2 cm³/mol. The standard InChI is InChI=1S/C14H16Cl2O2/c15-11-5-6-13(16)10(8-11)7-9-3-1-2-4-12(9)14(17)18/h5-6,8-9,12H,1-4,7H2,(H,17,18). The van der Waals surface area contributed by atoms with E-state index in [1.165, 1.54) is 0 Å². The molecular formula is C14H16Cl2O2. The number of halogens is 2. The van der Waals surface area contributed by atoms with Gasteiger partial charge in [0.1, 0.15) is 0 Å². The van der Waals surface area contributed by atoms with Crippen molar-refractivity contribution in [3.8, 4) is 0 Å². The lowest BCUT2D eigenvalue weighted by Crippen LogP contribution is -2.28. The van der Waals surface area contributed by atoms with Gasteiger partial charge in [-0.3, -0.25) is 4.79 Å². The smallest absolute Gasteiger partial charge is 0.306 e. The summed E-state index contributed by atoms with van der Waals surface area (Å²) in [4.78, 5) is 11.2. The summed E-state index contributed by atoms with van der Waals surface area (Å²) >= 11 is 12.1. The molecule has 0 saturated heterocycles. The van der Waals surface area contributed by atoms with E-state index in [1.54, 1.807) is 12.1 Å². The Kier molecular flexibility index (Phi) is 4.52. The minimum absolute atomic E-state index is 0.173. The lowest BCUT2D eigenvalue weighted by Gasteiger charge is -2.28. The van der Waals surface area contributed by atoms with Gasteiger partial charge in [-0.25, -0.2) is 0 Å². The van der Waals surface area contributed by atoms with Crippen molar-refractivity contribution in [1.82, 2.24) is 0 Å². The van der Waals surface area contributed by atoms with E-state index in [-0.39, 0.29) is 11.8 Å². The van der Waals surface area contributed by atoms with E-state index in [4.69, 9.17) is 23.2 Å². The van der Waals surface area contributed by atoms with Crippen LogP contribution >= 0.6 is 23.2 Å². The average molecular weight is 287 g/mol. The van der Waals surface area contributed by atoms with Crippen molar-refractivity contribution < 1.29 is 9.90 Å². The summed E-state index contributed by atoms with van der Waals surface area (Å²) in [6.07, 6.45) is 4.55. The van der Waals surface area contributed by atoms with Crippen LogP contribution in [0.2, 0.25) is 10.0 Å². The summed E-state index contributed by atoms with van der Waals surface area (Å²) in [7, 11) is 0. The van der Waals surface area contributed by atoms with Crippen LogP contribution in [-0.4, -0.2) is 11.1 Å². The van der Waals surface area contributed by atoms with E-state index in [0.717, 1.165) is 31.2 Å². The highest BCUT2D eigenvalue weighted by atomic mass is 35.5. The number of benzene rings is 1. The number of hydrogen-bond donors (Lipinski definition) is 1. The van der Waals surface area contributed by atoms with E-state index in [1.807, 2.05) is 6.07 Å². The van der Waals surface area contributed by atoms with Gasteiger partial charge in [0.15, 0.2) is 0 Å². The van der Waals surface area contributed by atoms with Gasteiger partial charge >= 0.3 is 5.97 Å². The molecule has 1 aromatic rings. The molecule has 0 radical (unpaired) electrons. The Hall–Kier alpha value is -0.730. The summed E-state index contributed by atoms with van der Waals surface area (Å²) < 4.78 is 0. The van der Waals surface area contributed by atoms with Crippen molar-refractivity contribution in [2.75, 3.05) is 0 Å². The summed E-state index contributed by atoms with van der Waals surface area (Å²) in [5, 5.41) is 10.6. The predicted octanol–water partition coefficient (Wildman–Crippen LogP) is 4.43. The number of carboxylic acid groups (broad SMARTS) is 1. The van der Waals surface area contributed by atoms with Crippen LogP contribution in [0.15, 0.2) is 18.2 Å². The zero-order valence-electron chi connectivity index (χ0n) is 10.0. The molecule has 0 spiro atoms. The van der Waals surface area contributed by atoms with Crippen molar-refractivity contribution in [3.05, 3.63) is 33.8 Å². The van der Waals surface area contributed by atoms with E-state index in [0.29, 0.717) is 16.5 Å². The van der Waals surface area contributed by atoms with Gasteiger partial charge in [-0.2, -0.15) is 0 Å². The van der Waals surface area contributed by atoms with Gasteiger partial charge in [-0.15, -0.1) is 0 Å². The summed E-state index contributed by atoms with van der Waals surface area (Å²) in [5.74, 6) is -0.751. The van der Waals surface area contributed by atoms with Crippen LogP contribution in [0.4, 0.5) is 0 Å². The molecule has 0 heterocycles. The zero-order chi connectivity index (χ0) is 13.1. The molecule has 1 saturated carbocycles. The van der Waals surface area contributed by atoms with Crippen LogP contribution in [0.1, 0.15) is 31.2 Å². The zero-order valence-corrected chi connectivity index (χ0v) is 11.5. The monoisotopic (exact) mass is 286 g/mol. The second kappa shape index (κ2) is 5.94. The molecule has 1 aliphatic carbocycles. The fourth-order valence-electron chi connectivity index (χ4n) is 2.76. The third-order valence-electron chi connectivity index (χ3n) is 3.72. The van der Waals surface area contributed by atoms with Crippen LogP contribution < -0.4 is 0 Å². The largest absolute Gasteiger partial charge is 0.481 e. The van der Waals surface area contributed by atoms with E-state index >= 15 is 0 Å². The maximum atomic E-state index is 11.2. The molecule has 0 aliphatic heterocycles. The van der Waals surface area contributed by atoms with Crippen LogP contribution in [0.5, 0.6) is 0 Å². The highest BCUT2D eigenvalue weighted by Crippen LogP contribution is 2.34. The van der Waals surface area contributed by atoms with Gasteiger partial charge in [-0.1, -0.05) is 36.0 Å². The van der Waals surface area contributed by atoms with Crippen LogP contribution in [-0.2, 0) is 11.2 Å². The lowest BCUT2D eigenvalue weighted by molar-refractivity contribution is -0.144. The van der Waals surface area contributed by atoms with E-state index in [9.17, 15) is 9.90 Å². The van der Waals surface area contributed by atoms with Gasteiger partial charge < -0.3 is 5.11 Å². The molecule has 1 fully saturated rings. The molecule has 1 aromatic carbocycles. The molecule has 2 unspecified atom stereocenters. The van der Waals surface area contributed by atoms with E-state index in [2.05, 4.69) is 0 Å². The molecule has 98 valence electrons. The van der Waals surface area contributed by atoms with Crippen LogP contribution in [0.3, 0.4) is 0 Å². The van der Waals surface area contributed by atoms with Crippen LogP contribution in [0.25, 0.3) is 0 Å².